The lowest BCUT2D eigenvalue weighted by molar-refractivity contribution is 0.766. The molecule has 0 saturated heterocycles. The topological polar surface area (TPSA) is 43.1 Å². The van der Waals surface area contributed by atoms with Crippen LogP contribution in [0.3, 0.4) is 0 Å². The van der Waals surface area contributed by atoms with E-state index in [2.05, 4.69) is 32.7 Å². The van der Waals surface area contributed by atoms with Crippen molar-refractivity contribution in [3.05, 3.63) is 45.8 Å². The van der Waals surface area contributed by atoms with Crippen LogP contribution in [-0.4, -0.2) is 19.6 Å². The zero-order chi connectivity index (χ0) is 12.4. The highest BCUT2D eigenvalue weighted by Gasteiger charge is 2.08. The number of thiophene rings is 1. The average Bonchev–Trinajstić information content (AvgIpc) is 3.00. The third-order valence-electron chi connectivity index (χ3n) is 2.74. The summed E-state index contributed by atoms with van der Waals surface area (Å²) in [4.78, 5) is 5.39. The first-order valence-electron chi connectivity index (χ1n) is 5.70. The minimum absolute atomic E-state index is 0.559. The molecule has 0 spiro atoms. The van der Waals surface area contributed by atoms with E-state index in [0.717, 1.165) is 25.1 Å². The number of fused-ring (bicyclic) bond motifs is 1. The molecule has 3 heterocycles. The molecule has 0 N–H and O–H groups in total. The molecule has 18 heavy (non-hydrogen) atoms. The first-order valence-corrected chi connectivity index (χ1v) is 6.96. The molecule has 0 unspecified atom stereocenters. The largest absolute Gasteiger partial charge is 0.266 e. The Bertz CT molecular complexity index is 647. The van der Waals surface area contributed by atoms with Gasteiger partial charge < -0.3 is 0 Å². The predicted molar refractivity (Wildman–Crippen MR) is 72.1 cm³/mol. The van der Waals surface area contributed by atoms with E-state index >= 15 is 0 Å². The zero-order valence-corrected chi connectivity index (χ0v) is 11.2. The van der Waals surface area contributed by atoms with Crippen molar-refractivity contribution in [3.8, 4) is 0 Å². The van der Waals surface area contributed by atoms with E-state index in [1.54, 1.807) is 23.7 Å². The lowest BCUT2D eigenvalue weighted by Crippen LogP contribution is -1.98. The van der Waals surface area contributed by atoms with E-state index in [4.69, 9.17) is 11.6 Å². The Morgan fingerprint density at radius 1 is 1.22 bits per heavy atom. The van der Waals surface area contributed by atoms with Crippen molar-refractivity contribution in [2.45, 2.75) is 19.3 Å². The van der Waals surface area contributed by atoms with Crippen molar-refractivity contribution < 1.29 is 0 Å². The maximum Gasteiger partial charge on any atom is 0.180 e. The first kappa shape index (κ1) is 11.6. The smallest absolute Gasteiger partial charge is 0.180 e. The Balaban J connectivity index is 1.75. The summed E-state index contributed by atoms with van der Waals surface area (Å²) in [6, 6.07) is 4.23. The molecule has 4 nitrogen and oxygen atoms in total. The van der Waals surface area contributed by atoms with Crippen LogP contribution < -0.4 is 0 Å². The van der Waals surface area contributed by atoms with Gasteiger partial charge in [0.1, 0.15) is 11.0 Å². The van der Waals surface area contributed by atoms with E-state index in [1.807, 2.05) is 4.40 Å². The molecule has 3 rings (SSSR count). The molecule has 92 valence electrons. The van der Waals surface area contributed by atoms with Gasteiger partial charge in [0.15, 0.2) is 5.65 Å². The van der Waals surface area contributed by atoms with E-state index in [0.29, 0.717) is 10.8 Å². The van der Waals surface area contributed by atoms with Gasteiger partial charge in [0.25, 0.3) is 0 Å². The van der Waals surface area contributed by atoms with Gasteiger partial charge >= 0.3 is 0 Å². The van der Waals surface area contributed by atoms with Crippen molar-refractivity contribution >= 4 is 28.6 Å². The molecular weight excluding hydrogens is 268 g/mol. The van der Waals surface area contributed by atoms with Crippen LogP contribution in [0, 0.1) is 0 Å². The standard InChI is InChI=1S/C12H11ClN4S/c13-10-7-14-8-12-16-15-11(17(10)12)5-1-3-9-4-2-6-18-9/h2,4,6-8H,1,3,5H2. The molecule has 0 amide bonds. The van der Waals surface area contributed by atoms with E-state index < -0.39 is 0 Å². The molecular formula is C12H11ClN4S. The number of hydrogen-bond acceptors (Lipinski definition) is 4. The highest BCUT2D eigenvalue weighted by Crippen LogP contribution is 2.15. The molecule has 0 aromatic carbocycles. The van der Waals surface area contributed by atoms with Crippen LogP contribution in [0.15, 0.2) is 29.9 Å². The number of halogens is 1. The van der Waals surface area contributed by atoms with Gasteiger partial charge in [-0.05, 0) is 24.3 Å². The molecule has 0 aliphatic rings. The highest BCUT2D eigenvalue weighted by molar-refractivity contribution is 7.09. The normalized spacial score (nSPS) is 11.2. The molecule has 0 atom stereocenters. The first-order chi connectivity index (χ1) is 8.84. The zero-order valence-electron chi connectivity index (χ0n) is 9.58. The van der Waals surface area contributed by atoms with E-state index in [9.17, 15) is 0 Å². The maximum atomic E-state index is 6.10. The lowest BCUT2D eigenvalue weighted by Gasteiger charge is -2.01. The van der Waals surface area contributed by atoms with Gasteiger partial charge in [-0.3, -0.25) is 9.38 Å². The summed E-state index contributed by atoms with van der Waals surface area (Å²) < 4.78 is 1.85. The molecule has 0 radical (unpaired) electrons. The summed E-state index contributed by atoms with van der Waals surface area (Å²) in [7, 11) is 0. The summed E-state index contributed by atoms with van der Waals surface area (Å²) in [6.45, 7) is 0. The predicted octanol–water partition coefficient (Wildman–Crippen LogP) is 3.01. The second kappa shape index (κ2) is 5.04. The summed E-state index contributed by atoms with van der Waals surface area (Å²) >= 11 is 7.89. The average molecular weight is 279 g/mol. The van der Waals surface area contributed by atoms with Crippen molar-refractivity contribution in [1.29, 1.82) is 0 Å². The van der Waals surface area contributed by atoms with Crippen molar-refractivity contribution in [2.24, 2.45) is 0 Å². The minimum atomic E-state index is 0.559. The van der Waals surface area contributed by atoms with Crippen LogP contribution in [-0.2, 0) is 12.8 Å². The molecule has 3 aromatic heterocycles. The summed E-state index contributed by atoms with van der Waals surface area (Å²) in [5.41, 5.74) is 0.702. The quantitative estimate of drug-likeness (QED) is 0.737. The Labute approximate surface area is 113 Å². The van der Waals surface area contributed by atoms with Gasteiger partial charge in [-0.25, -0.2) is 0 Å². The Kier molecular flexibility index (Phi) is 3.25. The van der Waals surface area contributed by atoms with Crippen molar-refractivity contribution in [3.63, 3.8) is 0 Å². The number of aryl methyl sites for hydroxylation is 2. The highest BCUT2D eigenvalue weighted by atomic mass is 35.5. The van der Waals surface area contributed by atoms with Gasteiger partial charge in [-0.1, -0.05) is 17.7 Å². The summed E-state index contributed by atoms with van der Waals surface area (Å²) in [5, 5.41) is 10.9. The van der Waals surface area contributed by atoms with Crippen LogP contribution in [0.1, 0.15) is 17.1 Å². The molecule has 0 fully saturated rings. The van der Waals surface area contributed by atoms with Gasteiger partial charge in [0.05, 0.1) is 12.4 Å². The van der Waals surface area contributed by atoms with Gasteiger partial charge in [-0.2, -0.15) is 0 Å². The number of nitrogens with zero attached hydrogens (tertiary/aromatic N) is 4. The van der Waals surface area contributed by atoms with Crippen LogP contribution in [0.5, 0.6) is 0 Å². The third-order valence-corrected chi connectivity index (χ3v) is 3.95. The molecule has 0 aliphatic carbocycles. The van der Waals surface area contributed by atoms with Crippen molar-refractivity contribution in [1.82, 2.24) is 19.6 Å². The fraction of sp³-hybridized carbons (Fsp3) is 0.250. The van der Waals surface area contributed by atoms with Crippen LogP contribution in [0.25, 0.3) is 5.65 Å². The Morgan fingerprint density at radius 2 is 2.17 bits per heavy atom. The molecule has 6 heteroatoms. The minimum Gasteiger partial charge on any atom is -0.266 e. The Morgan fingerprint density at radius 3 is 3.00 bits per heavy atom. The molecule has 0 bridgehead atoms. The van der Waals surface area contributed by atoms with E-state index in [-0.39, 0.29) is 0 Å². The summed E-state index contributed by atoms with van der Waals surface area (Å²) in [6.07, 6.45) is 6.25. The SMILES string of the molecule is Clc1cncc2nnc(CCCc3cccs3)n12. The lowest BCUT2D eigenvalue weighted by atomic mass is 10.2. The molecule has 3 aromatic rings. The van der Waals surface area contributed by atoms with Crippen molar-refractivity contribution in [2.75, 3.05) is 0 Å². The fourth-order valence-electron chi connectivity index (χ4n) is 1.91. The number of aromatic nitrogens is 4. The van der Waals surface area contributed by atoms with E-state index in [1.165, 1.54) is 4.88 Å². The second-order valence-corrected chi connectivity index (χ2v) is 5.39. The molecule has 0 saturated carbocycles. The number of rotatable bonds is 4. The van der Waals surface area contributed by atoms with Gasteiger partial charge in [0, 0.05) is 11.3 Å². The Hall–Kier alpha value is -1.46. The molecule has 0 aliphatic heterocycles. The van der Waals surface area contributed by atoms with Crippen LogP contribution >= 0.6 is 22.9 Å². The van der Waals surface area contributed by atoms with Gasteiger partial charge in [-0.15, -0.1) is 21.5 Å². The monoisotopic (exact) mass is 278 g/mol. The number of hydrogen-bond donors (Lipinski definition) is 0. The van der Waals surface area contributed by atoms with Crippen LogP contribution in [0.2, 0.25) is 5.15 Å². The fourth-order valence-corrected chi connectivity index (χ4v) is 2.90. The van der Waals surface area contributed by atoms with Crippen LogP contribution in [0.4, 0.5) is 0 Å². The summed E-state index contributed by atoms with van der Waals surface area (Å²) in [5.74, 6) is 0.897. The van der Waals surface area contributed by atoms with Gasteiger partial charge in [0.2, 0.25) is 0 Å². The third kappa shape index (κ3) is 2.23. The second-order valence-electron chi connectivity index (χ2n) is 3.97. The maximum absolute atomic E-state index is 6.10.